The fourth-order valence-corrected chi connectivity index (χ4v) is 0.959. The highest BCUT2D eigenvalue weighted by Gasteiger charge is 2.18. The van der Waals surface area contributed by atoms with Gasteiger partial charge in [0.25, 0.3) is 6.47 Å². The molecule has 0 amide bonds. The molecule has 1 fully saturated rings. The van der Waals surface area contributed by atoms with Gasteiger partial charge < -0.3 is 4.74 Å². The molecule has 0 aromatic heterocycles. The molecule has 0 N–H and O–H groups in total. The monoisotopic (exact) mass is 186 g/mol. The van der Waals surface area contributed by atoms with Gasteiger partial charge >= 0.3 is 0 Å². The average molecular weight is 186 g/mol. The van der Waals surface area contributed by atoms with Crippen LogP contribution in [0.5, 0.6) is 0 Å². The van der Waals surface area contributed by atoms with Gasteiger partial charge in [0.15, 0.2) is 0 Å². The molecule has 1 aliphatic carbocycles. The van der Waals surface area contributed by atoms with Crippen LogP contribution in [0, 0.1) is 5.92 Å². The third-order valence-corrected chi connectivity index (χ3v) is 1.80. The molecule has 78 valence electrons. The van der Waals surface area contributed by atoms with Crippen LogP contribution in [0.1, 0.15) is 53.4 Å². The maximum absolute atomic E-state index is 9.60. The molecule has 0 radical (unpaired) electrons. The third-order valence-electron chi connectivity index (χ3n) is 1.80. The smallest absolute Gasteiger partial charge is 0.293 e. The van der Waals surface area contributed by atoms with Crippen LogP contribution in [0.25, 0.3) is 0 Å². The second kappa shape index (κ2) is 6.01. The van der Waals surface area contributed by atoms with Crippen molar-refractivity contribution >= 4 is 6.47 Å². The van der Waals surface area contributed by atoms with Crippen molar-refractivity contribution in [2.45, 2.75) is 59.0 Å². The normalized spacial score (nSPS) is 15.7. The second-order valence-corrected chi connectivity index (χ2v) is 4.56. The fraction of sp³-hybridized carbons (Fsp3) is 0.909. The number of hydrogen-bond donors (Lipinski definition) is 0. The lowest BCUT2D eigenvalue weighted by Crippen LogP contribution is -2.17. The van der Waals surface area contributed by atoms with Crippen LogP contribution in [0.2, 0.25) is 0 Å². The van der Waals surface area contributed by atoms with Crippen molar-refractivity contribution < 1.29 is 9.53 Å². The van der Waals surface area contributed by atoms with Gasteiger partial charge in [0.1, 0.15) is 5.60 Å². The van der Waals surface area contributed by atoms with Crippen molar-refractivity contribution in [1.82, 2.24) is 0 Å². The van der Waals surface area contributed by atoms with Crippen LogP contribution in [0.4, 0.5) is 0 Å². The fourth-order valence-electron chi connectivity index (χ4n) is 0.959. The molecule has 0 spiro atoms. The first-order valence-corrected chi connectivity index (χ1v) is 5.11. The predicted molar refractivity (Wildman–Crippen MR) is 54.5 cm³/mol. The van der Waals surface area contributed by atoms with E-state index in [2.05, 4.69) is 11.7 Å². The summed E-state index contributed by atoms with van der Waals surface area (Å²) in [6, 6.07) is 0. The molecule has 0 unspecified atom stereocenters. The van der Waals surface area contributed by atoms with E-state index in [1.54, 1.807) is 0 Å². The molecule has 0 aromatic rings. The highest BCUT2D eigenvalue weighted by molar-refractivity contribution is 5.37. The largest absolute Gasteiger partial charge is 0.462 e. The van der Waals surface area contributed by atoms with Crippen LogP contribution < -0.4 is 0 Å². The summed E-state index contributed by atoms with van der Waals surface area (Å²) in [4.78, 5) is 9.60. The summed E-state index contributed by atoms with van der Waals surface area (Å²) in [5, 5.41) is 0. The molecule has 2 nitrogen and oxygen atoms in total. The van der Waals surface area contributed by atoms with Gasteiger partial charge in [-0.1, -0.05) is 32.6 Å². The quantitative estimate of drug-likeness (QED) is 0.633. The Hall–Kier alpha value is -0.530. The number of ether oxygens (including phenoxy) is 1. The zero-order valence-electron chi connectivity index (χ0n) is 9.30. The summed E-state index contributed by atoms with van der Waals surface area (Å²) in [7, 11) is 0. The highest BCUT2D eigenvalue weighted by atomic mass is 16.5. The van der Waals surface area contributed by atoms with Crippen LogP contribution in [-0.2, 0) is 9.53 Å². The summed E-state index contributed by atoms with van der Waals surface area (Å²) in [6.45, 7) is 8.18. The van der Waals surface area contributed by atoms with E-state index in [1.165, 1.54) is 25.7 Å². The van der Waals surface area contributed by atoms with Crippen molar-refractivity contribution in [3.05, 3.63) is 0 Å². The standard InChI is InChI=1S/C6H12.C5H10O2/c1-2-3-6-4-5-6;1-5(2,3)7-4-6/h6H,2-5H2,1H3;4H,1-3H3. The Labute approximate surface area is 81.7 Å². The number of hydrogen-bond acceptors (Lipinski definition) is 2. The highest BCUT2D eigenvalue weighted by Crippen LogP contribution is 2.32. The first-order chi connectivity index (χ1) is 5.99. The van der Waals surface area contributed by atoms with Crippen molar-refractivity contribution in [2.75, 3.05) is 0 Å². The zero-order valence-corrected chi connectivity index (χ0v) is 9.30. The Kier molecular flexibility index (Phi) is 5.76. The molecule has 0 heterocycles. The number of carbonyl (C=O) groups is 1. The van der Waals surface area contributed by atoms with Crippen molar-refractivity contribution in [3.63, 3.8) is 0 Å². The van der Waals surface area contributed by atoms with E-state index in [1.807, 2.05) is 20.8 Å². The summed E-state index contributed by atoms with van der Waals surface area (Å²) in [5.41, 5.74) is -0.318. The van der Waals surface area contributed by atoms with Gasteiger partial charge in [-0.3, -0.25) is 4.79 Å². The minimum atomic E-state index is -0.318. The minimum Gasteiger partial charge on any atom is -0.462 e. The molecule has 2 heteroatoms. The third kappa shape index (κ3) is 11.5. The molecule has 1 aliphatic rings. The average Bonchev–Trinajstić information content (AvgIpc) is 2.70. The summed E-state index contributed by atoms with van der Waals surface area (Å²) in [5.74, 6) is 1.15. The van der Waals surface area contributed by atoms with Gasteiger partial charge in [0.05, 0.1) is 0 Å². The van der Waals surface area contributed by atoms with E-state index in [9.17, 15) is 4.79 Å². The van der Waals surface area contributed by atoms with E-state index >= 15 is 0 Å². The zero-order chi connectivity index (χ0) is 10.3. The first-order valence-electron chi connectivity index (χ1n) is 5.11. The lowest BCUT2D eigenvalue weighted by molar-refractivity contribution is -0.138. The molecule has 0 atom stereocenters. The van der Waals surface area contributed by atoms with E-state index in [0.717, 1.165) is 5.92 Å². The maximum Gasteiger partial charge on any atom is 0.293 e. The minimum absolute atomic E-state index is 0.318. The Balaban J connectivity index is 0.000000223. The van der Waals surface area contributed by atoms with E-state index in [-0.39, 0.29) is 5.60 Å². The SMILES string of the molecule is CC(C)(C)OC=O.CCCC1CC1. The predicted octanol–water partition coefficient (Wildman–Crippen LogP) is 3.15. The molecular weight excluding hydrogens is 164 g/mol. The first kappa shape index (κ1) is 12.5. The van der Waals surface area contributed by atoms with Gasteiger partial charge in [-0.25, -0.2) is 0 Å². The van der Waals surface area contributed by atoms with Gasteiger partial charge in [-0.15, -0.1) is 0 Å². The molecule has 1 saturated carbocycles. The summed E-state index contributed by atoms with van der Waals surface area (Å²) >= 11 is 0. The number of rotatable bonds is 3. The molecule has 0 aromatic carbocycles. The second-order valence-electron chi connectivity index (χ2n) is 4.56. The lowest BCUT2D eigenvalue weighted by Gasteiger charge is -2.14. The maximum atomic E-state index is 9.60. The van der Waals surface area contributed by atoms with Crippen LogP contribution >= 0.6 is 0 Å². The topological polar surface area (TPSA) is 26.3 Å². The van der Waals surface area contributed by atoms with Crippen molar-refractivity contribution in [1.29, 1.82) is 0 Å². The Morgan fingerprint density at radius 3 is 2.00 bits per heavy atom. The molecule has 13 heavy (non-hydrogen) atoms. The van der Waals surface area contributed by atoms with Crippen LogP contribution in [0.3, 0.4) is 0 Å². The summed E-state index contributed by atoms with van der Waals surface area (Å²) < 4.78 is 4.55. The Bertz CT molecular complexity index is 132. The molecule has 0 saturated heterocycles. The molecule has 1 rings (SSSR count). The Morgan fingerprint density at radius 2 is 1.92 bits per heavy atom. The molecular formula is C11H22O2. The van der Waals surface area contributed by atoms with E-state index < -0.39 is 0 Å². The van der Waals surface area contributed by atoms with Gasteiger partial charge in [0.2, 0.25) is 0 Å². The van der Waals surface area contributed by atoms with E-state index in [0.29, 0.717) is 6.47 Å². The van der Waals surface area contributed by atoms with Crippen LogP contribution in [0.15, 0.2) is 0 Å². The number of carbonyl (C=O) groups excluding carboxylic acids is 1. The van der Waals surface area contributed by atoms with Crippen LogP contribution in [-0.4, -0.2) is 12.1 Å². The van der Waals surface area contributed by atoms with E-state index in [4.69, 9.17) is 0 Å². The van der Waals surface area contributed by atoms with Gasteiger partial charge in [-0.2, -0.15) is 0 Å². The molecule has 0 aliphatic heterocycles. The van der Waals surface area contributed by atoms with Crippen molar-refractivity contribution in [3.8, 4) is 0 Å². The summed E-state index contributed by atoms with van der Waals surface area (Å²) in [6.07, 6.45) is 5.92. The van der Waals surface area contributed by atoms with Gasteiger partial charge in [0, 0.05) is 0 Å². The Morgan fingerprint density at radius 1 is 1.38 bits per heavy atom. The van der Waals surface area contributed by atoms with Crippen molar-refractivity contribution in [2.24, 2.45) is 5.92 Å². The lowest BCUT2D eigenvalue weighted by atomic mass is 10.2. The molecule has 0 bridgehead atoms. The van der Waals surface area contributed by atoms with Gasteiger partial charge in [-0.05, 0) is 26.7 Å².